The number of tetrazole rings is 1. The van der Waals surface area contributed by atoms with Gasteiger partial charge >= 0.3 is 6.18 Å². The van der Waals surface area contributed by atoms with Crippen LogP contribution in [0.25, 0.3) is 11.3 Å². The van der Waals surface area contributed by atoms with E-state index in [9.17, 15) is 18.0 Å². The van der Waals surface area contributed by atoms with E-state index < -0.39 is 11.7 Å². The fourth-order valence-electron chi connectivity index (χ4n) is 4.87. The van der Waals surface area contributed by atoms with Crippen LogP contribution in [0.15, 0.2) is 73.1 Å². The van der Waals surface area contributed by atoms with E-state index in [1.807, 2.05) is 67.3 Å². The van der Waals surface area contributed by atoms with Crippen LogP contribution >= 0.6 is 0 Å². The Hall–Kier alpha value is -4.67. The van der Waals surface area contributed by atoms with Crippen LogP contribution in [0.1, 0.15) is 40.7 Å². The predicted molar refractivity (Wildman–Crippen MR) is 146 cm³/mol. The largest absolute Gasteiger partial charge is 0.416 e. The zero-order valence-electron chi connectivity index (χ0n) is 22.0. The van der Waals surface area contributed by atoms with Crippen LogP contribution in [-0.2, 0) is 17.5 Å². The highest BCUT2D eigenvalue weighted by molar-refractivity contribution is 6.01. The first-order valence-corrected chi connectivity index (χ1v) is 12.8. The van der Waals surface area contributed by atoms with Crippen molar-refractivity contribution < 1.29 is 18.0 Å². The molecule has 0 radical (unpaired) electrons. The molecular weight excluding hydrogens is 519 g/mol. The molecular formula is C29H28F3N7O. The van der Waals surface area contributed by atoms with Gasteiger partial charge in [0.2, 0.25) is 5.91 Å². The van der Waals surface area contributed by atoms with Crippen LogP contribution in [0.2, 0.25) is 0 Å². The van der Waals surface area contributed by atoms with E-state index in [0.717, 1.165) is 34.0 Å². The first-order chi connectivity index (χ1) is 19.2. The Bertz CT molecular complexity index is 1510. The molecule has 0 unspecified atom stereocenters. The number of amides is 1. The summed E-state index contributed by atoms with van der Waals surface area (Å²) in [4.78, 5) is 14.6. The van der Waals surface area contributed by atoms with Crippen LogP contribution in [0.4, 0.5) is 24.5 Å². The Morgan fingerprint density at radius 3 is 2.40 bits per heavy atom. The molecule has 0 fully saturated rings. The molecule has 40 heavy (non-hydrogen) atoms. The van der Waals surface area contributed by atoms with Crippen molar-refractivity contribution in [2.75, 3.05) is 11.4 Å². The normalized spacial score (nSPS) is 14.2. The molecule has 0 aliphatic carbocycles. The SMILES string of the molecule is Cc1cc(C)cc(N2C/C(=C(\NNC(=O)CCCn3cnnn3)c3ccccc3)c3ccc(C(F)(F)F)cc32)c1. The van der Waals surface area contributed by atoms with E-state index in [-0.39, 0.29) is 12.3 Å². The maximum Gasteiger partial charge on any atom is 0.416 e. The topological polar surface area (TPSA) is 88.0 Å². The number of rotatable bonds is 8. The molecule has 0 saturated heterocycles. The molecule has 0 bridgehead atoms. The predicted octanol–water partition coefficient (Wildman–Crippen LogP) is 5.43. The van der Waals surface area contributed by atoms with Gasteiger partial charge in [-0.3, -0.25) is 15.6 Å². The molecule has 1 aliphatic heterocycles. The third-order valence-corrected chi connectivity index (χ3v) is 6.65. The quantitative estimate of drug-likeness (QED) is 0.286. The molecule has 0 spiro atoms. The highest BCUT2D eigenvalue weighted by Crippen LogP contribution is 2.45. The summed E-state index contributed by atoms with van der Waals surface area (Å²) in [5.41, 5.74) is 11.2. The minimum absolute atomic E-state index is 0.227. The number of aromatic nitrogens is 4. The van der Waals surface area contributed by atoms with E-state index in [2.05, 4.69) is 26.4 Å². The van der Waals surface area contributed by atoms with Crippen LogP contribution in [0.5, 0.6) is 0 Å². The van der Waals surface area contributed by atoms with Gasteiger partial charge in [-0.25, -0.2) is 4.68 Å². The van der Waals surface area contributed by atoms with E-state index in [1.165, 1.54) is 18.5 Å². The van der Waals surface area contributed by atoms with Crippen molar-refractivity contribution in [3.63, 3.8) is 0 Å². The number of hydrazine groups is 1. The minimum atomic E-state index is -4.48. The number of alkyl halides is 3. The Morgan fingerprint density at radius 2 is 1.73 bits per heavy atom. The number of carbonyl (C=O) groups is 1. The Kier molecular flexibility index (Phi) is 7.54. The molecule has 2 heterocycles. The van der Waals surface area contributed by atoms with Gasteiger partial charge in [0.25, 0.3) is 0 Å². The molecule has 5 rings (SSSR count). The molecule has 1 amide bonds. The highest BCUT2D eigenvalue weighted by Gasteiger charge is 2.35. The summed E-state index contributed by atoms with van der Waals surface area (Å²) >= 11 is 0. The van der Waals surface area contributed by atoms with Gasteiger partial charge in [0.15, 0.2) is 0 Å². The fraction of sp³-hybridized carbons (Fsp3) is 0.241. The van der Waals surface area contributed by atoms with Crippen LogP contribution in [-0.4, -0.2) is 32.7 Å². The van der Waals surface area contributed by atoms with Crippen LogP contribution in [0, 0.1) is 13.8 Å². The molecule has 3 aromatic carbocycles. The Morgan fingerprint density at radius 1 is 0.975 bits per heavy atom. The number of aryl methyl sites for hydroxylation is 3. The third kappa shape index (κ3) is 5.98. The maximum atomic E-state index is 13.7. The van der Waals surface area contributed by atoms with Crippen molar-refractivity contribution in [1.29, 1.82) is 0 Å². The lowest BCUT2D eigenvalue weighted by Gasteiger charge is -2.22. The van der Waals surface area contributed by atoms with Gasteiger partial charge in [0, 0.05) is 35.5 Å². The van der Waals surface area contributed by atoms with Crippen molar-refractivity contribution in [3.8, 4) is 0 Å². The Labute approximate surface area is 229 Å². The zero-order valence-corrected chi connectivity index (χ0v) is 22.0. The van der Waals surface area contributed by atoms with E-state index in [0.29, 0.717) is 36.5 Å². The first-order valence-electron chi connectivity index (χ1n) is 12.8. The summed E-state index contributed by atoms with van der Waals surface area (Å²) in [6.45, 7) is 4.73. The molecule has 1 aromatic heterocycles. The molecule has 8 nitrogen and oxygen atoms in total. The molecule has 1 aliphatic rings. The number of carbonyl (C=O) groups excluding carboxylic acids is 1. The summed E-state index contributed by atoms with van der Waals surface area (Å²) in [5, 5.41) is 10.9. The summed E-state index contributed by atoms with van der Waals surface area (Å²) < 4.78 is 42.7. The number of hydrogen-bond donors (Lipinski definition) is 2. The number of halogens is 3. The molecule has 2 N–H and O–H groups in total. The molecule has 11 heteroatoms. The minimum Gasteiger partial charge on any atom is -0.336 e. The number of nitrogens with one attached hydrogen (secondary N) is 2. The number of fused-ring (bicyclic) bond motifs is 1. The van der Waals surface area contributed by atoms with Gasteiger partial charge in [-0.15, -0.1) is 5.10 Å². The van der Waals surface area contributed by atoms with Gasteiger partial charge in [-0.05, 0) is 71.7 Å². The zero-order chi connectivity index (χ0) is 28.3. The highest BCUT2D eigenvalue weighted by atomic mass is 19.4. The molecule has 206 valence electrons. The van der Waals surface area contributed by atoms with Gasteiger partial charge in [0.05, 0.1) is 17.8 Å². The second-order valence-corrected chi connectivity index (χ2v) is 9.73. The van der Waals surface area contributed by atoms with Crippen molar-refractivity contribution in [1.82, 2.24) is 31.1 Å². The number of benzene rings is 3. The second-order valence-electron chi connectivity index (χ2n) is 9.73. The number of nitrogens with zero attached hydrogens (tertiary/aromatic N) is 5. The van der Waals surface area contributed by atoms with Crippen molar-refractivity contribution in [3.05, 3.63) is 101 Å². The van der Waals surface area contributed by atoms with Crippen LogP contribution < -0.4 is 15.8 Å². The fourth-order valence-corrected chi connectivity index (χ4v) is 4.87. The average Bonchev–Trinajstić information content (AvgIpc) is 3.56. The van der Waals surface area contributed by atoms with Crippen molar-refractivity contribution in [2.24, 2.45) is 0 Å². The monoisotopic (exact) mass is 547 g/mol. The number of hydrogen-bond acceptors (Lipinski definition) is 6. The lowest BCUT2D eigenvalue weighted by atomic mass is 10.00. The smallest absolute Gasteiger partial charge is 0.336 e. The lowest BCUT2D eigenvalue weighted by molar-refractivity contribution is -0.137. The van der Waals surface area contributed by atoms with E-state index in [4.69, 9.17) is 0 Å². The van der Waals surface area contributed by atoms with E-state index in [1.54, 1.807) is 4.68 Å². The van der Waals surface area contributed by atoms with Gasteiger partial charge in [0.1, 0.15) is 6.33 Å². The molecule has 0 atom stereocenters. The molecule has 0 saturated carbocycles. The molecule has 4 aromatic rings. The second kappa shape index (κ2) is 11.2. The van der Waals surface area contributed by atoms with Gasteiger partial charge in [-0.1, -0.05) is 42.5 Å². The maximum absolute atomic E-state index is 13.7. The third-order valence-electron chi connectivity index (χ3n) is 6.65. The summed E-state index contributed by atoms with van der Waals surface area (Å²) in [6.07, 6.45) is -2.24. The summed E-state index contributed by atoms with van der Waals surface area (Å²) in [5.74, 6) is -0.237. The van der Waals surface area contributed by atoms with Gasteiger partial charge < -0.3 is 4.90 Å². The standard InChI is InChI=1S/C29H28F3N7O/c1-19-13-20(2)15-23(14-19)39-17-25(24-11-10-22(16-26(24)39)29(30,31)32)28(21-7-4-3-5-8-21)35-34-27(40)9-6-12-38-18-33-36-37-38/h3-5,7-8,10-11,13-16,18,35H,6,9,12,17H2,1-2H3,(H,34,40)/b28-25+. The lowest BCUT2D eigenvalue weighted by Crippen LogP contribution is -2.36. The number of anilines is 2. The van der Waals surface area contributed by atoms with Crippen molar-refractivity contribution >= 4 is 28.6 Å². The van der Waals surface area contributed by atoms with Crippen molar-refractivity contribution in [2.45, 2.75) is 39.4 Å². The van der Waals surface area contributed by atoms with Crippen LogP contribution in [0.3, 0.4) is 0 Å². The Balaban J connectivity index is 1.51. The average molecular weight is 548 g/mol. The summed E-state index contributed by atoms with van der Waals surface area (Å²) in [6, 6.07) is 19.2. The first kappa shape index (κ1) is 26.9. The van der Waals surface area contributed by atoms with Gasteiger partial charge in [-0.2, -0.15) is 13.2 Å². The summed E-state index contributed by atoms with van der Waals surface area (Å²) in [7, 11) is 0. The van der Waals surface area contributed by atoms with E-state index >= 15 is 0 Å².